The zero-order valence-corrected chi connectivity index (χ0v) is 18.0. The van der Waals surface area contributed by atoms with Gasteiger partial charge in [-0.15, -0.1) is 0 Å². The first-order valence-corrected chi connectivity index (χ1v) is 10.2. The highest BCUT2D eigenvalue weighted by molar-refractivity contribution is 6.34. The SMILES string of the molecule is CN(C)CCC1=C2C(=O)C(c3[nH]c4cccc(O)c4c3CCN(C)C)=CC=C2N=C1. The molecule has 0 bridgehead atoms. The summed E-state index contributed by atoms with van der Waals surface area (Å²) in [6, 6.07) is 5.45. The average molecular weight is 405 g/mol. The number of aromatic hydroxyl groups is 1. The summed E-state index contributed by atoms with van der Waals surface area (Å²) in [4.78, 5) is 25.6. The van der Waals surface area contributed by atoms with Crippen molar-refractivity contribution in [2.24, 2.45) is 4.99 Å². The highest BCUT2D eigenvalue weighted by Crippen LogP contribution is 2.39. The van der Waals surface area contributed by atoms with E-state index in [-0.39, 0.29) is 11.5 Å². The first-order valence-electron chi connectivity index (χ1n) is 10.2. The molecule has 6 heteroatoms. The molecule has 2 N–H and O–H groups in total. The van der Waals surface area contributed by atoms with Gasteiger partial charge in [-0.05, 0) is 76.5 Å². The van der Waals surface area contributed by atoms with E-state index >= 15 is 0 Å². The number of H-pyrrole nitrogens is 1. The summed E-state index contributed by atoms with van der Waals surface area (Å²) in [6.07, 6.45) is 7.11. The number of benzene rings is 1. The molecule has 0 fully saturated rings. The number of likely N-dealkylation sites (N-methyl/N-ethyl adjacent to an activating group) is 1. The van der Waals surface area contributed by atoms with Gasteiger partial charge < -0.3 is 19.9 Å². The number of aromatic nitrogens is 1. The number of fused-ring (bicyclic) bond motifs is 2. The minimum absolute atomic E-state index is 0.00379. The van der Waals surface area contributed by atoms with Crippen LogP contribution in [0.1, 0.15) is 17.7 Å². The Morgan fingerprint density at radius 2 is 1.77 bits per heavy atom. The third-order valence-electron chi connectivity index (χ3n) is 5.63. The van der Waals surface area contributed by atoms with Crippen LogP contribution in [0.4, 0.5) is 0 Å². The van der Waals surface area contributed by atoms with Crippen molar-refractivity contribution in [2.75, 3.05) is 41.3 Å². The normalized spacial score (nSPS) is 16.1. The number of phenolic OH excluding ortho intramolecular Hbond substituents is 1. The molecule has 0 radical (unpaired) electrons. The summed E-state index contributed by atoms with van der Waals surface area (Å²) in [5.74, 6) is 0.231. The van der Waals surface area contributed by atoms with Gasteiger partial charge in [-0.25, -0.2) is 0 Å². The Morgan fingerprint density at radius 1 is 1.03 bits per heavy atom. The number of Topliss-reactive ketones (excluding diaryl/α,β-unsaturated/α-hetero) is 1. The van der Waals surface area contributed by atoms with E-state index in [0.717, 1.165) is 59.4 Å². The summed E-state index contributed by atoms with van der Waals surface area (Å²) < 4.78 is 0. The summed E-state index contributed by atoms with van der Waals surface area (Å²) >= 11 is 0. The average Bonchev–Trinajstić information content (AvgIpc) is 3.27. The van der Waals surface area contributed by atoms with E-state index in [1.807, 2.05) is 58.7 Å². The highest BCUT2D eigenvalue weighted by Gasteiger charge is 2.31. The Morgan fingerprint density at radius 3 is 2.50 bits per heavy atom. The van der Waals surface area contributed by atoms with Crippen molar-refractivity contribution >= 4 is 28.5 Å². The van der Waals surface area contributed by atoms with Gasteiger partial charge in [-0.2, -0.15) is 0 Å². The summed E-state index contributed by atoms with van der Waals surface area (Å²) in [5, 5.41) is 11.3. The number of aromatic amines is 1. The lowest BCUT2D eigenvalue weighted by atomic mass is 9.89. The monoisotopic (exact) mass is 404 g/mol. The maximum atomic E-state index is 13.6. The van der Waals surface area contributed by atoms with Gasteiger partial charge >= 0.3 is 0 Å². The number of nitrogens with zero attached hydrogens (tertiary/aromatic N) is 3. The van der Waals surface area contributed by atoms with E-state index in [9.17, 15) is 9.90 Å². The summed E-state index contributed by atoms with van der Waals surface area (Å²) in [5.41, 5.74) is 5.67. The Bertz CT molecular complexity index is 1130. The van der Waals surface area contributed by atoms with Gasteiger partial charge in [0.1, 0.15) is 5.75 Å². The fourth-order valence-corrected chi connectivity index (χ4v) is 4.04. The summed E-state index contributed by atoms with van der Waals surface area (Å²) in [6.45, 7) is 1.68. The molecule has 1 aromatic carbocycles. The van der Waals surface area contributed by atoms with Crippen LogP contribution in [0.15, 0.2) is 52.2 Å². The molecule has 30 heavy (non-hydrogen) atoms. The van der Waals surface area contributed by atoms with E-state index in [1.165, 1.54) is 0 Å². The molecule has 2 aromatic rings. The minimum Gasteiger partial charge on any atom is -0.507 e. The lowest BCUT2D eigenvalue weighted by Gasteiger charge is -2.16. The predicted octanol–water partition coefficient (Wildman–Crippen LogP) is 3.16. The van der Waals surface area contributed by atoms with E-state index in [0.29, 0.717) is 11.1 Å². The van der Waals surface area contributed by atoms with Crippen molar-refractivity contribution < 1.29 is 9.90 Å². The number of ketones is 1. The quantitative estimate of drug-likeness (QED) is 0.744. The van der Waals surface area contributed by atoms with Crippen LogP contribution in [-0.2, 0) is 11.2 Å². The molecule has 0 amide bonds. The molecule has 0 spiro atoms. The smallest absolute Gasteiger partial charge is 0.197 e. The van der Waals surface area contributed by atoms with Crippen molar-refractivity contribution in [3.63, 3.8) is 0 Å². The van der Waals surface area contributed by atoms with Crippen molar-refractivity contribution in [3.8, 4) is 5.75 Å². The van der Waals surface area contributed by atoms with Crippen molar-refractivity contribution in [1.29, 1.82) is 0 Å². The Balaban J connectivity index is 1.79. The third-order valence-corrected chi connectivity index (χ3v) is 5.63. The molecule has 6 nitrogen and oxygen atoms in total. The van der Waals surface area contributed by atoms with Crippen LogP contribution in [-0.4, -0.2) is 73.2 Å². The third kappa shape index (κ3) is 3.64. The Kier molecular flexibility index (Phi) is 5.45. The molecule has 156 valence electrons. The number of aliphatic imine (C=N–C) groups is 1. The van der Waals surface area contributed by atoms with E-state index in [4.69, 9.17) is 0 Å². The van der Waals surface area contributed by atoms with Crippen molar-refractivity contribution in [3.05, 3.63) is 58.5 Å². The van der Waals surface area contributed by atoms with Crippen LogP contribution in [0.2, 0.25) is 0 Å². The van der Waals surface area contributed by atoms with Gasteiger partial charge in [0.25, 0.3) is 0 Å². The molecule has 2 heterocycles. The second-order valence-electron chi connectivity index (χ2n) is 8.40. The molecule has 1 aliphatic carbocycles. The number of carbonyl (C=O) groups is 1. The minimum atomic E-state index is -0.00379. The molecule has 1 aliphatic heterocycles. The van der Waals surface area contributed by atoms with Crippen LogP contribution in [0.3, 0.4) is 0 Å². The van der Waals surface area contributed by atoms with Crippen molar-refractivity contribution in [2.45, 2.75) is 12.8 Å². The number of phenols is 1. The molecular formula is C24H28N4O2. The van der Waals surface area contributed by atoms with Gasteiger partial charge in [0.2, 0.25) is 0 Å². The van der Waals surface area contributed by atoms with Crippen LogP contribution in [0, 0.1) is 0 Å². The number of nitrogens with one attached hydrogen (secondary N) is 1. The standard InChI is InChI=1S/C24H28N4O2/c1-27(2)12-10-15-14-25-18-9-8-17(24(30)21(15)18)23-16(11-13-28(3)4)22-19(26-23)6-5-7-20(22)29/h5-9,14,26,29H,10-13H2,1-4H3. The molecule has 2 aliphatic rings. The number of hydrogen-bond donors (Lipinski definition) is 2. The molecule has 0 saturated heterocycles. The van der Waals surface area contributed by atoms with Gasteiger partial charge in [0.15, 0.2) is 5.78 Å². The Hall–Kier alpha value is -2.96. The molecule has 0 saturated carbocycles. The maximum absolute atomic E-state index is 13.6. The fraction of sp³-hybridized carbons (Fsp3) is 0.333. The van der Waals surface area contributed by atoms with Gasteiger partial charge in [0, 0.05) is 35.8 Å². The van der Waals surface area contributed by atoms with Crippen LogP contribution in [0.25, 0.3) is 16.5 Å². The number of hydrogen-bond acceptors (Lipinski definition) is 5. The van der Waals surface area contributed by atoms with Crippen LogP contribution in [0.5, 0.6) is 5.75 Å². The van der Waals surface area contributed by atoms with Gasteiger partial charge in [-0.1, -0.05) is 6.07 Å². The Labute approximate surface area is 176 Å². The second kappa shape index (κ2) is 8.05. The molecule has 0 atom stereocenters. The zero-order chi connectivity index (χ0) is 21.4. The first kappa shape index (κ1) is 20.3. The highest BCUT2D eigenvalue weighted by atomic mass is 16.3. The van der Waals surface area contributed by atoms with E-state index in [2.05, 4.69) is 19.8 Å². The maximum Gasteiger partial charge on any atom is 0.197 e. The number of allylic oxidation sites excluding steroid dienone is 4. The molecule has 1 aromatic heterocycles. The van der Waals surface area contributed by atoms with Gasteiger partial charge in [0.05, 0.1) is 17.0 Å². The predicted molar refractivity (Wildman–Crippen MR) is 122 cm³/mol. The van der Waals surface area contributed by atoms with Crippen LogP contribution < -0.4 is 0 Å². The van der Waals surface area contributed by atoms with E-state index < -0.39 is 0 Å². The van der Waals surface area contributed by atoms with E-state index in [1.54, 1.807) is 6.07 Å². The summed E-state index contributed by atoms with van der Waals surface area (Å²) in [7, 11) is 8.09. The molecule has 0 unspecified atom stereocenters. The molecular weight excluding hydrogens is 376 g/mol. The molecule has 4 rings (SSSR count). The fourth-order valence-electron chi connectivity index (χ4n) is 4.04. The zero-order valence-electron chi connectivity index (χ0n) is 18.0. The topological polar surface area (TPSA) is 71.9 Å². The van der Waals surface area contributed by atoms with Gasteiger partial charge in [-0.3, -0.25) is 9.79 Å². The lowest BCUT2D eigenvalue weighted by Crippen LogP contribution is -2.18. The first-order chi connectivity index (χ1) is 14.4. The largest absolute Gasteiger partial charge is 0.507 e. The van der Waals surface area contributed by atoms with Crippen molar-refractivity contribution in [1.82, 2.24) is 14.8 Å². The van der Waals surface area contributed by atoms with Crippen LogP contribution >= 0.6 is 0 Å². The lowest BCUT2D eigenvalue weighted by molar-refractivity contribution is -0.110. The number of carbonyl (C=O) groups excluding carboxylic acids is 1. The second-order valence-corrected chi connectivity index (χ2v) is 8.40. The number of rotatable bonds is 7.